The normalized spacial score (nSPS) is 10.5. The van der Waals surface area contributed by atoms with E-state index in [1.54, 1.807) is 30.6 Å². The highest BCUT2D eigenvalue weighted by Gasteiger charge is 2.23. The molecule has 0 aliphatic heterocycles. The summed E-state index contributed by atoms with van der Waals surface area (Å²) in [6.45, 7) is 4.05. The average Bonchev–Trinajstić information content (AvgIpc) is 3.35. The third kappa shape index (κ3) is 4.40. The summed E-state index contributed by atoms with van der Waals surface area (Å²) in [5.74, 6) is 0.111. The Morgan fingerprint density at radius 3 is 2.68 bits per heavy atom. The van der Waals surface area contributed by atoms with Crippen molar-refractivity contribution in [3.05, 3.63) is 52.3 Å². The number of aromatic nitrogens is 1. The van der Waals surface area contributed by atoms with Gasteiger partial charge in [-0.25, -0.2) is 4.98 Å². The Labute approximate surface area is 171 Å². The molecule has 8 heteroatoms. The van der Waals surface area contributed by atoms with Crippen molar-refractivity contribution in [1.82, 2.24) is 9.88 Å². The number of nitrogens with zero attached hydrogens (tertiary/aromatic N) is 2. The fraction of sp³-hybridized carbons (Fsp3) is 0.250. The molecule has 2 heterocycles. The van der Waals surface area contributed by atoms with Gasteiger partial charge in [0.05, 0.1) is 23.4 Å². The molecule has 28 heavy (non-hydrogen) atoms. The quantitative estimate of drug-likeness (QED) is 0.625. The lowest BCUT2D eigenvalue weighted by atomic mass is 10.3. The molecule has 3 rings (SSSR count). The second kappa shape index (κ2) is 8.99. The SMILES string of the molecule is CCN(CC(=O)Nc1ccccc1OC)C(=O)c1sc(-c2cccs2)nc1C. The molecular formula is C20H21N3O3S2. The zero-order valence-corrected chi connectivity index (χ0v) is 17.5. The van der Waals surface area contributed by atoms with E-state index in [2.05, 4.69) is 10.3 Å². The number of methoxy groups -OCH3 is 1. The molecule has 0 fully saturated rings. The van der Waals surface area contributed by atoms with Crippen LogP contribution in [0, 0.1) is 6.92 Å². The number of amides is 2. The number of aryl methyl sites for hydroxylation is 1. The van der Waals surface area contributed by atoms with Gasteiger partial charge in [0.1, 0.15) is 22.2 Å². The first-order valence-corrected chi connectivity index (χ1v) is 10.5. The van der Waals surface area contributed by atoms with Crippen molar-refractivity contribution in [2.75, 3.05) is 25.5 Å². The van der Waals surface area contributed by atoms with Gasteiger partial charge in [-0.2, -0.15) is 0 Å². The van der Waals surface area contributed by atoms with Crippen LogP contribution in [0.2, 0.25) is 0 Å². The topological polar surface area (TPSA) is 71.5 Å². The summed E-state index contributed by atoms with van der Waals surface area (Å²) < 4.78 is 5.25. The molecule has 0 saturated carbocycles. The lowest BCUT2D eigenvalue weighted by Crippen LogP contribution is -2.37. The zero-order chi connectivity index (χ0) is 20.1. The smallest absolute Gasteiger partial charge is 0.266 e. The van der Waals surface area contributed by atoms with E-state index in [1.807, 2.05) is 43.5 Å². The van der Waals surface area contributed by atoms with Crippen LogP contribution >= 0.6 is 22.7 Å². The lowest BCUT2D eigenvalue weighted by molar-refractivity contribution is -0.116. The molecule has 0 atom stereocenters. The number of para-hydroxylation sites is 2. The van der Waals surface area contributed by atoms with Crippen LogP contribution in [0.1, 0.15) is 22.3 Å². The fourth-order valence-corrected chi connectivity index (χ4v) is 4.51. The van der Waals surface area contributed by atoms with Gasteiger partial charge in [0, 0.05) is 6.54 Å². The number of ether oxygens (including phenoxy) is 1. The van der Waals surface area contributed by atoms with Gasteiger partial charge in [0.2, 0.25) is 5.91 Å². The number of nitrogens with one attached hydrogen (secondary N) is 1. The summed E-state index contributed by atoms with van der Waals surface area (Å²) in [4.78, 5) is 33.1. The van der Waals surface area contributed by atoms with Crippen molar-refractivity contribution in [2.45, 2.75) is 13.8 Å². The summed E-state index contributed by atoms with van der Waals surface area (Å²) in [7, 11) is 1.55. The summed E-state index contributed by atoms with van der Waals surface area (Å²) in [5.41, 5.74) is 1.26. The third-order valence-electron chi connectivity index (χ3n) is 4.11. The molecular weight excluding hydrogens is 394 g/mol. The highest BCUT2D eigenvalue weighted by molar-refractivity contribution is 7.22. The molecule has 1 N–H and O–H groups in total. The van der Waals surface area contributed by atoms with E-state index in [-0.39, 0.29) is 18.4 Å². The second-order valence-corrected chi connectivity index (χ2v) is 7.93. The minimum atomic E-state index is -0.277. The van der Waals surface area contributed by atoms with Crippen LogP contribution in [0.25, 0.3) is 9.88 Å². The van der Waals surface area contributed by atoms with E-state index >= 15 is 0 Å². The summed E-state index contributed by atoms with van der Waals surface area (Å²) in [6, 6.07) is 11.1. The first-order chi connectivity index (χ1) is 13.5. The molecule has 2 amide bonds. The molecule has 0 unspecified atom stereocenters. The largest absolute Gasteiger partial charge is 0.495 e. The highest BCUT2D eigenvalue weighted by atomic mass is 32.1. The molecule has 0 saturated heterocycles. The van der Waals surface area contributed by atoms with Crippen LogP contribution in [-0.2, 0) is 4.79 Å². The fourth-order valence-electron chi connectivity index (χ4n) is 2.68. The van der Waals surface area contributed by atoms with Crippen LogP contribution in [0.3, 0.4) is 0 Å². The van der Waals surface area contributed by atoms with E-state index in [0.717, 1.165) is 9.88 Å². The number of hydrogen-bond donors (Lipinski definition) is 1. The van der Waals surface area contributed by atoms with Crippen molar-refractivity contribution in [3.8, 4) is 15.6 Å². The van der Waals surface area contributed by atoms with Crippen LogP contribution in [0.15, 0.2) is 41.8 Å². The molecule has 3 aromatic rings. The highest BCUT2D eigenvalue weighted by Crippen LogP contribution is 2.31. The van der Waals surface area contributed by atoms with Gasteiger partial charge >= 0.3 is 0 Å². The Balaban J connectivity index is 1.72. The van der Waals surface area contributed by atoms with Gasteiger partial charge in [-0.05, 0) is 37.4 Å². The minimum absolute atomic E-state index is 0.0426. The van der Waals surface area contributed by atoms with E-state index in [1.165, 1.54) is 16.2 Å². The Morgan fingerprint density at radius 1 is 1.21 bits per heavy atom. The number of likely N-dealkylation sites (N-methyl/N-ethyl adjacent to an activating group) is 1. The van der Waals surface area contributed by atoms with Crippen LogP contribution in [-0.4, -0.2) is 41.9 Å². The van der Waals surface area contributed by atoms with Crippen molar-refractivity contribution in [1.29, 1.82) is 0 Å². The van der Waals surface area contributed by atoms with Gasteiger partial charge in [0.15, 0.2) is 0 Å². The number of carbonyl (C=O) groups is 2. The maximum Gasteiger partial charge on any atom is 0.266 e. The lowest BCUT2D eigenvalue weighted by Gasteiger charge is -2.20. The first kappa shape index (κ1) is 20.0. The minimum Gasteiger partial charge on any atom is -0.495 e. The number of thiazole rings is 1. The Kier molecular flexibility index (Phi) is 6.43. The van der Waals surface area contributed by atoms with Gasteiger partial charge in [-0.3, -0.25) is 9.59 Å². The third-order valence-corrected chi connectivity index (χ3v) is 6.29. The van der Waals surface area contributed by atoms with Crippen molar-refractivity contribution < 1.29 is 14.3 Å². The predicted molar refractivity (Wildman–Crippen MR) is 113 cm³/mol. The number of hydrogen-bond acceptors (Lipinski definition) is 6. The maximum absolute atomic E-state index is 13.0. The second-order valence-electron chi connectivity index (χ2n) is 5.98. The van der Waals surface area contributed by atoms with Crippen molar-refractivity contribution in [2.24, 2.45) is 0 Å². The number of benzene rings is 1. The molecule has 0 bridgehead atoms. The zero-order valence-electron chi connectivity index (χ0n) is 15.9. The number of thiophene rings is 1. The molecule has 0 aliphatic carbocycles. The van der Waals surface area contributed by atoms with Gasteiger partial charge in [-0.1, -0.05) is 18.2 Å². The molecule has 0 spiro atoms. The van der Waals surface area contributed by atoms with Crippen LogP contribution in [0.5, 0.6) is 5.75 Å². The van der Waals surface area contributed by atoms with Gasteiger partial charge < -0.3 is 15.0 Å². The molecule has 146 valence electrons. The molecule has 2 aromatic heterocycles. The number of rotatable bonds is 7. The van der Waals surface area contributed by atoms with E-state index in [9.17, 15) is 9.59 Å². The first-order valence-electron chi connectivity index (χ1n) is 8.77. The molecule has 0 aliphatic rings. The summed E-state index contributed by atoms with van der Waals surface area (Å²) in [5, 5.41) is 5.61. The Morgan fingerprint density at radius 2 is 2.00 bits per heavy atom. The predicted octanol–water partition coefficient (Wildman–Crippen LogP) is 4.29. The number of anilines is 1. The standard InChI is InChI=1S/C20H21N3O3S2/c1-4-23(12-17(24)22-14-8-5-6-9-15(14)26-3)20(25)18-13(2)21-19(28-18)16-10-7-11-27-16/h5-11H,4,12H2,1-3H3,(H,22,24). The van der Waals surface area contributed by atoms with Crippen LogP contribution in [0.4, 0.5) is 5.69 Å². The summed E-state index contributed by atoms with van der Waals surface area (Å²) >= 11 is 2.95. The van der Waals surface area contributed by atoms with Crippen molar-refractivity contribution >= 4 is 40.2 Å². The number of carbonyl (C=O) groups excluding carboxylic acids is 2. The van der Waals surface area contributed by atoms with Crippen molar-refractivity contribution in [3.63, 3.8) is 0 Å². The van der Waals surface area contributed by atoms with E-state index < -0.39 is 0 Å². The van der Waals surface area contributed by atoms with E-state index in [0.29, 0.717) is 28.6 Å². The molecule has 1 aromatic carbocycles. The Bertz CT molecular complexity index is 967. The monoisotopic (exact) mass is 415 g/mol. The summed E-state index contributed by atoms with van der Waals surface area (Å²) in [6.07, 6.45) is 0. The molecule has 0 radical (unpaired) electrons. The maximum atomic E-state index is 13.0. The van der Waals surface area contributed by atoms with Gasteiger partial charge in [0.25, 0.3) is 5.91 Å². The van der Waals surface area contributed by atoms with Crippen LogP contribution < -0.4 is 10.1 Å². The molecule has 6 nitrogen and oxygen atoms in total. The van der Waals surface area contributed by atoms with E-state index in [4.69, 9.17) is 4.74 Å². The average molecular weight is 416 g/mol. The van der Waals surface area contributed by atoms with Gasteiger partial charge in [-0.15, -0.1) is 22.7 Å². The Hall–Kier alpha value is -2.71.